The summed E-state index contributed by atoms with van der Waals surface area (Å²) in [6.45, 7) is 8.28. The van der Waals surface area contributed by atoms with Crippen LogP contribution in [0.3, 0.4) is 0 Å². The fourth-order valence-electron chi connectivity index (χ4n) is 8.81. The lowest BCUT2D eigenvalue weighted by Gasteiger charge is -2.43. The van der Waals surface area contributed by atoms with E-state index in [1.807, 2.05) is 31.2 Å². The van der Waals surface area contributed by atoms with Crippen molar-refractivity contribution in [3.63, 3.8) is 0 Å². The molecule has 3 fully saturated rings. The number of imide groups is 1. The van der Waals surface area contributed by atoms with Gasteiger partial charge in [-0.15, -0.1) is 11.8 Å². The fraction of sp³-hybridized carbons (Fsp3) is 0.359. The Morgan fingerprint density at radius 2 is 1.52 bits per heavy atom. The summed E-state index contributed by atoms with van der Waals surface area (Å²) in [6.07, 6.45) is 0.777. The zero-order valence-electron chi connectivity index (χ0n) is 28.1. The van der Waals surface area contributed by atoms with Crippen molar-refractivity contribution in [2.45, 2.75) is 62.3 Å². The first-order chi connectivity index (χ1) is 23.8. The lowest BCUT2D eigenvalue weighted by Crippen LogP contribution is -2.43. The number of anilines is 2. The minimum Gasteiger partial charge on any atom is -0.478 e. The van der Waals surface area contributed by atoms with Crippen molar-refractivity contribution >= 4 is 58.2 Å². The molecule has 3 heterocycles. The summed E-state index contributed by atoms with van der Waals surface area (Å²) < 4.78 is 1.54. The highest BCUT2D eigenvalue weighted by atomic mass is 32.2. The summed E-state index contributed by atoms with van der Waals surface area (Å²) >= 11 is 2.76. The van der Waals surface area contributed by atoms with Crippen LogP contribution in [0.15, 0.2) is 82.6 Å². The summed E-state index contributed by atoms with van der Waals surface area (Å²) in [4.78, 5) is 68.6. The first-order valence-electron chi connectivity index (χ1n) is 16.9. The van der Waals surface area contributed by atoms with Crippen LogP contribution in [0.2, 0.25) is 0 Å². The van der Waals surface area contributed by atoms with Crippen molar-refractivity contribution in [2.24, 2.45) is 29.6 Å². The van der Waals surface area contributed by atoms with Gasteiger partial charge >= 0.3 is 10.8 Å². The first-order valence-corrected chi connectivity index (χ1v) is 18.6. The van der Waals surface area contributed by atoms with E-state index >= 15 is 0 Å². The molecule has 3 amide bonds. The van der Waals surface area contributed by atoms with Gasteiger partial charge in [-0.2, -0.15) is 0 Å². The van der Waals surface area contributed by atoms with Gasteiger partial charge in [0, 0.05) is 21.7 Å². The van der Waals surface area contributed by atoms with Crippen molar-refractivity contribution < 1.29 is 24.3 Å². The van der Waals surface area contributed by atoms with E-state index in [0.717, 1.165) is 38.8 Å². The topological polar surface area (TPSA) is 126 Å². The lowest BCUT2D eigenvalue weighted by molar-refractivity contribution is -0.123. The molecule has 11 heteroatoms. The molecule has 2 aliphatic carbocycles. The van der Waals surface area contributed by atoms with Crippen molar-refractivity contribution in [2.75, 3.05) is 10.2 Å². The molecule has 50 heavy (non-hydrogen) atoms. The van der Waals surface area contributed by atoms with Gasteiger partial charge in [-0.25, -0.2) is 4.79 Å². The molecule has 2 bridgehead atoms. The molecular formula is C39H37N3O6S2. The number of carbonyl (C=O) groups is 4. The third-order valence-electron chi connectivity index (χ3n) is 11.1. The molecule has 2 saturated carbocycles. The van der Waals surface area contributed by atoms with E-state index in [1.54, 1.807) is 16.3 Å². The lowest BCUT2D eigenvalue weighted by atomic mass is 9.68. The van der Waals surface area contributed by atoms with Crippen molar-refractivity contribution in [3.8, 4) is 0 Å². The van der Waals surface area contributed by atoms with Crippen molar-refractivity contribution in [1.29, 1.82) is 0 Å². The third-order valence-corrected chi connectivity index (χ3v) is 13.9. The second-order valence-electron chi connectivity index (χ2n) is 15.0. The number of amides is 3. The van der Waals surface area contributed by atoms with Gasteiger partial charge in [-0.05, 0) is 84.0 Å². The van der Waals surface area contributed by atoms with Gasteiger partial charge in [0.25, 0.3) is 0 Å². The second kappa shape index (κ2) is 11.8. The van der Waals surface area contributed by atoms with Crippen LogP contribution in [0, 0.1) is 36.5 Å². The summed E-state index contributed by atoms with van der Waals surface area (Å²) in [5, 5.41) is 12.8. The van der Waals surface area contributed by atoms with Gasteiger partial charge in [-0.3, -0.25) is 28.6 Å². The number of rotatable bonds is 6. The monoisotopic (exact) mass is 707 g/mol. The summed E-state index contributed by atoms with van der Waals surface area (Å²) in [5.41, 5.74) is 4.43. The smallest absolute Gasteiger partial charge is 0.335 e. The Morgan fingerprint density at radius 3 is 2.14 bits per heavy atom. The number of nitrogens with zero attached hydrogens (tertiary/aromatic N) is 2. The highest BCUT2D eigenvalue weighted by Crippen LogP contribution is 2.69. The Hall–Kier alpha value is -4.48. The number of aromatic carboxylic acids is 1. The van der Waals surface area contributed by atoms with Crippen LogP contribution < -0.4 is 15.1 Å². The number of hydrogen-bond donors (Lipinski definition) is 2. The number of carboxylic acid groups (broad SMARTS) is 1. The molecule has 1 aromatic heterocycles. The number of thiazole rings is 1. The first kappa shape index (κ1) is 32.7. The molecule has 3 aromatic carbocycles. The van der Waals surface area contributed by atoms with Gasteiger partial charge in [0.2, 0.25) is 17.7 Å². The second-order valence-corrected chi connectivity index (χ2v) is 17.2. The Kier molecular flexibility index (Phi) is 7.72. The quantitative estimate of drug-likeness (QED) is 0.218. The van der Waals surface area contributed by atoms with E-state index in [-0.39, 0.29) is 63.1 Å². The number of thioether (sulfide) groups is 1. The van der Waals surface area contributed by atoms with E-state index in [4.69, 9.17) is 0 Å². The largest absolute Gasteiger partial charge is 0.478 e. The molecule has 2 N–H and O–H groups in total. The molecule has 2 aliphatic heterocycles. The van der Waals surface area contributed by atoms with E-state index < -0.39 is 23.7 Å². The van der Waals surface area contributed by atoms with Gasteiger partial charge in [0.15, 0.2) is 0 Å². The zero-order chi connectivity index (χ0) is 35.2. The van der Waals surface area contributed by atoms with Gasteiger partial charge in [-0.1, -0.05) is 74.1 Å². The average molecular weight is 708 g/mol. The van der Waals surface area contributed by atoms with Gasteiger partial charge < -0.3 is 10.4 Å². The highest BCUT2D eigenvalue weighted by Gasteiger charge is 2.69. The Morgan fingerprint density at radius 1 is 0.880 bits per heavy atom. The number of carboxylic acids is 1. The maximum Gasteiger partial charge on any atom is 0.335 e. The van der Waals surface area contributed by atoms with Crippen LogP contribution in [-0.2, 0) is 26.3 Å². The Balaban J connectivity index is 1.16. The van der Waals surface area contributed by atoms with Crippen molar-refractivity contribution in [3.05, 3.63) is 110 Å². The van der Waals surface area contributed by atoms with E-state index in [2.05, 4.69) is 50.4 Å². The SMILES string of the molecule is Cc1ccc(N2C(=O)C3C4CC(C3C2=O)C2C(c3ccc(C(C)(C)C)cc3)c3sc(=O)n(CC(=O)Nc5ccc(C(=O)O)cc5)c3SC42)cc1. The number of hydrogen-bond acceptors (Lipinski definition) is 7. The van der Waals surface area contributed by atoms with Crippen LogP contribution in [0.1, 0.15) is 65.0 Å². The number of aromatic nitrogens is 1. The molecule has 1 saturated heterocycles. The number of nitrogens with one attached hydrogen (secondary N) is 1. The highest BCUT2D eigenvalue weighted by molar-refractivity contribution is 8.00. The minimum atomic E-state index is -1.06. The Bertz CT molecular complexity index is 2110. The number of aryl methyl sites for hydroxylation is 1. The van der Waals surface area contributed by atoms with Crippen LogP contribution in [0.4, 0.5) is 11.4 Å². The van der Waals surface area contributed by atoms with E-state index in [0.29, 0.717) is 11.4 Å². The molecule has 7 atom stereocenters. The predicted octanol–water partition coefficient (Wildman–Crippen LogP) is 6.53. The number of benzene rings is 3. The van der Waals surface area contributed by atoms with Crippen LogP contribution in [-0.4, -0.2) is 38.6 Å². The molecule has 4 aromatic rings. The van der Waals surface area contributed by atoms with Gasteiger partial charge in [0.1, 0.15) is 6.54 Å². The molecule has 8 rings (SSSR count). The average Bonchev–Trinajstić information content (AvgIpc) is 3.80. The molecular weight excluding hydrogens is 671 g/mol. The fourth-order valence-corrected chi connectivity index (χ4v) is 12.0. The maximum absolute atomic E-state index is 14.1. The zero-order valence-corrected chi connectivity index (χ0v) is 29.7. The summed E-state index contributed by atoms with van der Waals surface area (Å²) in [6, 6.07) is 22.0. The van der Waals surface area contributed by atoms with Crippen LogP contribution >= 0.6 is 23.1 Å². The predicted molar refractivity (Wildman–Crippen MR) is 193 cm³/mol. The third kappa shape index (κ3) is 5.16. The summed E-state index contributed by atoms with van der Waals surface area (Å²) in [5.74, 6) is -2.70. The normalized spacial score (nSPS) is 26.5. The van der Waals surface area contributed by atoms with E-state index in [1.165, 1.54) is 34.7 Å². The maximum atomic E-state index is 14.1. The van der Waals surface area contributed by atoms with Crippen molar-refractivity contribution in [1.82, 2.24) is 4.57 Å². The molecule has 4 aliphatic rings. The molecule has 7 unspecified atom stereocenters. The molecule has 0 radical (unpaired) electrons. The van der Waals surface area contributed by atoms with Crippen LogP contribution in [0.25, 0.3) is 0 Å². The molecule has 0 spiro atoms. The number of carbonyl (C=O) groups excluding carboxylic acids is 3. The molecule has 9 nitrogen and oxygen atoms in total. The molecule has 256 valence electrons. The van der Waals surface area contributed by atoms with E-state index in [9.17, 15) is 29.1 Å². The Labute approximate surface area is 297 Å². The van der Waals surface area contributed by atoms with Gasteiger partial charge in [0.05, 0.1) is 28.1 Å². The standard InChI is InChI=1S/C39H37N3O6S2/c1-19-5-15-24(16-6-19)42-34(44)30-25-17-26(31(30)35(42)45)32-29(25)28(20-7-11-22(12-8-20)39(2,3)4)33-36(49-32)41(38(48)50-33)18-27(43)40-23-13-9-21(10-14-23)37(46)47/h5-16,25-26,28-32H,17-18H2,1-4H3,(H,40,43)(H,46,47). The summed E-state index contributed by atoms with van der Waals surface area (Å²) in [7, 11) is 0. The number of fused-ring (bicyclic) bond motifs is 9. The van der Waals surface area contributed by atoms with Crippen LogP contribution in [0.5, 0.6) is 0 Å². The minimum absolute atomic E-state index is 0.0114.